The highest BCUT2D eigenvalue weighted by atomic mass is 32.2. The Kier molecular flexibility index (Phi) is 9.27. The quantitative estimate of drug-likeness (QED) is 0.326. The van der Waals surface area contributed by atoms with Crippen LogP contribution in [0.1, 0.15) is 52.0 Å². The molecule has 34 heavy (non-hydrogen) atoms. The Morgan fingerprint density at radius 3 is 2.29 bits per heavy atom. The third-order valence-electron chi connectivity index (χ3n) is 6.05. The summed E-state index contributed by atoms with van der Waals surface area (Å²) in [4.78, 5) is 14.7. The van der Waals surface area contributed by atoms with Crippen LogP contribution in [0, 0.1) is 0 Å². The molecule has 1 saturated carbocycles. The summed E-state index contributed by atoms with van der Waals surface area (Å²) in [6, 6.07) is 4.08. The second-order valence-corrected chi connectivity index (χ2v) is 9.48. The number of methoxy groups -OCH3 is 3. The molecule has 0 bridgehead atoms. The minimum absolute atomic E-state index is 0.0723. The summed E-state index contributed by atoms with van der Waals surface area (Å²) in [5.41, 5.74) is 1.80. The largest absolute Gasteiger partial charge is 0.493 e. The van der Waals surface area contributed by atoms with Crippen LogP contribution in [-0.2, 0) is 4.79 Å². The van der Waals surface area contributed by atoms with Gasteiger partial charge in [0.25, 0.3) is 0 Å². The molecular weight excluding hydrogens is 452 g/mol. The monoisotopic (exact) mass is 488 g/mol. The van der Waals surface area contributed by atoms with Gasteiger partial charge in [0.2, 0.25) is 11.7 Å². The number of rotatable bonds is 11. The summed E-state index contributed by atoms with van der Waals surface area (Å²) in [6.45, 7) is 9.08. The van der Waals surface area contributed by atoms with Crippen molar-refractivity contribution in [3.63, 3.8) is 0 Å². The van der Waals surface area contributed by atoms with E-state index in [0.29, 0.717) is 36.1 Å². The second kappa shape index (κ2) is 12.1. The molecule has 0 radical (unpaired) electrons. The van der Waals surface area contributed by atoms with Gasteiger partial charge in [-0.25, -0.2) is 0 Å². The molecule has 9 heteroatoms. The number of likely N-dealkylation sites (N-methyl/N-ethyl adjacent to an activating group) is 1. The van der Waals surface area contributed by atoms with Gasteiger partial charge in [0, 0.05) is 24.7 Å². The zero-order valence-corrected chi connectivity index (χ0v) is 21.7. The van der Waals surface area contributed by atoms with Crippen LogP contribution in [0.15, 0.2) is 29.4 Å². The fraction of sp³-hybridized carbons (Fsp3) is 0.560. The molecule has 1 aliphatic rings. The lowest BCUT2D eigenvalue weighted by Crippen LogP contribution is -2.33. The minimum atomic E-state index is 0.0723. The van der Waals surface area contributed by atoms with Crippen molar-refractivity contribution in [3.05, 3.63) is 24.3 Å². The van der Waals surface area contributed by atoms with Crippen LogP contribution < -0.4 is 14.2 Å². The van der Waals surface area contributed by atoms with Gasteiger partial charge in [0.1, 0.15) is 0 Å². The molecule has 186 valence electrons. The number of hydrogen-bond donors (Lipinski definition) is 0. The fourth-order valence-electron chi connectivity index (χ4n) is 4.37. The Hall–Kier alpha value is -2.68. The number of thioether (sulfide) groups is 1. The van der Waals surface area contributed by atoms with Crippen LogP contribution in [0.25, 0.3) is 11.4 Å². The third kappa shape index (κ3) is 5.87. The molecule has 1 amide bonds. The third-order valence-corrected chi connectivity index (χ3v) is 6.98. The first-order chi connectivity index (χ1) is 16.4. The molecular formula is C25H36N4O4S. The van der Waals surface area contributed by atoms with Crippen molar-refractivity contribution >= 4 is 17.7 Å². The Labute approximate surface area is 206 Å². The van der Waals surface area contributed by atoms with E-state index in [1.165, 1.54) is 31.0 Å². The molecule has 1 heterocycles. The molecule has 0 N–H and O–H groups in total. The number of benzene rings is 1. The average Bonchev–Trinajstić information content (AvgIpc) is 3.29. The summed E-state index contributed by atoms with van der Waals surface area (Å²) < 4.78 is 18.8. The smallest absolute Gasteiger partial charge is 0.233 e. The van der Waals surface area contributed by atoms with E-state index in [9.17, 15) is 4.79 Å². The van der Waals surface area contributed by atoms with Gasteiger partial charge in [-0.3, -0.25) is 9.36 Å². The normalized spacial score (nSPS) is 14.0. The van der Waals surface area contributed by atoms with Crippen LogP contribution in [0.5, 0.6) is 17.2 Å². The molecule has 1 aromatic carbocycles. The maximum Gasteiger partial charge on any atom is 0.233 e. The van der Waals surface area contributed by atoms with Gasteiger partial charge in [-0.05, 0) is 38.8 Å². The highest BCUT2D eigenvalue weighted by molar-refractivity contribution is 7.99. The topological polar surface area (TPSA) is 78.7 Å². The number of ether oxygens (including phenoxy) is 3. The first kappa shape index (κ1) is 25.9. The second-order valence-electron chi connectivity index (χ2n) is 8.54. The van der Waals surface area contributed by atoms with Gasteiger partial charge in [-0.1, -0.05) is 43.2 Å². The molecule has 2 aromatic rings. The molecule has 0 unspecified atom stereocenters. The lowest BCUT2D eigenvalue weighted by Gasteiger charge is -2.26. The van der Waals surface area contributed by atoms with Crippen molar-refractivity contribution in [2.24, 2.45) is 0 Å². The summed E-state index contributed by atoms with van der Waals surface area (Å²) in [5.74, 6) is 2.80. The number of carbonyl (C=O) groups is 1. The maximum atomic E-state index is 12.8. The molecule has 0 spiro atoms. The van der Waals surface area contributed by atoms with E-state index in [0.717, 1.165) is 35.0 Å². The van der Waals surface area contributed by atoms with Crippen LogP contribution in [0.3, 0.4) is 0 Å². The SMILES string of the molecule is C=C(C)CN(CC)C(=O)CSc1nnc(-c2cc(OC)c(OC)c(OC)c2)n1C1CCCCC1. The number of carbonyl (C=O) groups excluding carboxylic acids is 1. The Morgan fingerprint density at radius 2 is 1.76 bits per heavy atom. The summed E-state index contributed by atoms with van der Waals surface area (Å²) in [7, 11) is 4.79. The first-order valence-electron chi connectivity index (χ1n) is 11.7. The number of amides is 1. The molecule has 0 atom stereocenters. The van der Waals surface area contributed by atoms with Gasteiger partial charge in [-0.15, -0.1) is 10.2 Å². The van der Waals surface area contributed by atoms with E-state index >= 15 is 0 Å². The lowest BCUT2D eigenvalue weighted by atomic mass is 9.95. The van der Waals surface area contributed by atoms with Gasteiger partial charge in [0.15, 0.2) is 22.5 Å². The molecule has 1 aliphatic carbocycles. The highest BCUT2D eigenvalue weighted by Crippen LogP contribution is 2.43. The van der Waals surface area contributed by atoms with Gasteiger partial charge in [-0.2, -0.15) is 0 Å². The van der Waals surface area contributed by atoms with E-state index < -0.39 is 0 Å². The molecule has 8 nitrogen and oxygen atoms in total. The zero-order valence-electron chi connectivity index (χ0n) is 20.9. The Morgan fingerprint density at radius 1 is 1.12 bits per heavy atom. The van der Waals surface area contributed by atoms with Crippen LogP contribution in [0.2, 0.25) is 0 Å². The van der Waals surface area contributed by atoms with Crippen molar-refractivity contribution in [1.82, 2.24) is 19.7 Å². The molecule has 1 fully saturated rings. The van der Waals surface area contributed by atoms with Crippen molar-refractivity contribution in [3.8, 4) is 28.6 Å². The van der Waals surface area contributed by atoms with Crippen molar-refractivity contribution in [2.45, 2.75) is 57.1 Å². The van der Waals surface area contributed by atoms with Crippen LogP contribution >= 0.6 is 11.8 Å². The Bertz CT molecular complexity index is 976. The average molecular weight is 489 g/mol. The summed E-state index contributed by atoms with van der Waals surface area (Å²) >= 11 is 1.44. The predicted octanol–water partition coefficient (Wildman–Crippen LogP) is 4.99. The van der Waals surface area contributed by atoms with Crippen LogP contribution in [-0.4, -0.2) is 65.7 Å². The standard InChI is InChI=1S/C25H36N4O4S/c1-7-28(15-17(2)3)22(30)16-34-25-27-26-24(29(25)19-11-9-8-10-12-19)18-13-20(31-4)23(33-6)21(14-18)32-5/h13-14,19H,2,7-12,15-16H2,1,3-6H3. The number of hydrogen-bond acceptors (Lipinski definition) is 7. The predicted molar refractivity (Wildman–Crippen MR) is 135 cm³/mol. The van der Waals surface area contributed by atoms with Crippen molar-refractivity contribution < 1.29 is 19.0 Å². The molecule has 0 aliphatic heterocycles. The van der Waals surface area contributed by atoms with Gasteiger partial charge >= 0.3 is 0 Å². The van der Waals surface area contributed by atoms with E-state index in [4.69, 9.17) is 14.2 Å². The van der Waals surface area contributed by atoms with Crippen molar-refractivity contribution in [1.29, 1.82) is 0 Å². The number of nitrogens with zero attached hydrogens (tertiary/aromatic N) is 4. The highest BCUT2D eigenvalue weighted by Gasteiger charge is 2.26. The fourth-order valence-corrected chi connectivity index (χ4v) is 5.28. The molecule has 0 saturated heterocycles. The molecule has 1 aromatic heterocycles. The Balaban J connectivity index is 1.97. The van der Waals surface area contributed by atoms with Gasteiger partial charge < -0.3 is 19.1 Å². The van der Waals surface area contributed by atoms with E-state index in [1.807, 2.05) is 30.9 Å². The van der Waals surface area contributed by atoms with E-state index in [2.05, 4.69) is 21.3 Å². The summed E-state index contributed by atoms with van der Waals surface area (Å²) in [6.07, 6.45) is 5.71. The number of aromatic nitrogens is 3. The van der Waals surface area contributed by atoms with E-state index in [1.54, 1.807) is 21.3 Å². The van der Waals surface area contributed by atoms with E-state index in [-0.39, 0.29) is 11.9 Å². The molecule has 3 rings (SSSR count). The maximum absolute atomic E-state index is 12.8. The van der Waals surface area contributed by atoms with Gasteiger partial charge in [0.05, 0.1) is 27.1 Å². The lowest BCUT2D eigenvalue weighted by molar-refractivity contribution is -0.127. The van der Waals surface area contributed by atoms with Crippen LogP contribution in [0.4, 0.5) is 0 Å². The zero-order chi connectivity index (χ0) is 24.7. The van der Waals surface area contributed by atoms with Crippen molar-refractivity contribution in [2.75, 3.05) is 40.2 Å². The minimum Gasteiger partial charge on any atom is -0.493 e. The first-order valence-corrected chi connectivity index (χ1v) is 12.7. The summed E-state index contributed by atoms with van der Waals surface area (Å²) in [5, 5.41) is 9.83.